The first-order valence-corrected chi connectivity index (χ1v) is 7.62. The molecule has 2 N–H and O–H groups in total. The molecule has 2 aromatic rings. The SMILES string of the molecule is Cc1ccc(OCCNc2c([N+](=O)[O-])ccc3c2CCN3)cc1. The first-order valence-electron chi connectivity index (χ1n) is 7.62. The molecule has 0 radical (unpaired) electrons. The van der Waals surface area contributed by atoms with Crippen LogP contribution in [0.25, 0.3) is 0 Å². The van der Waals surface area contributed by atoms with Crippen LogP contribution in [-0.4, -0.2) is 24.6 Å². The third kappa shape index (κ3) is 3.36. The van der Waals surface area contributed by atoms with E-state index in [1.54, 1.807) is 12.1 Å². The van der Waals surface area contributed by atoms with E-state index < -0.39 is 0 Å². The average molecular weight is 313 g/mol. The zero-order valence-corrected chi connectivity index (χ0v) is 13.0. The smallest absolute Gasteiger partial charge is 0.292 e. The number of fused-ring (bicyclic) bond motifs is 1. The van der Waals surface area contributed by atoms with E-state index in [0.717, 1.165) is 30.0 Å². The third-order valence-electron chi connectivity index (χ3n) is 3.87. The van der Waals surface area contributed by atoms with Crippen molar-refractivity contribution in [2.75, 3.05) is 30.3 Å². The van der Waals surface area contributed by atoms with Crippen molar-refractivity contribution in [3.63, 3.8) is 0 Å². The van der Waals surface area contributed by atoms with Gasteiger partial charge in [-0.3, -0.25) is 10.1 Å². The summed E-state index contributed by atoms with van der Waals surface area (Å²) in [6, 6.07) is 11.1. The monoisotopic (exact) mass is 313 g/mol. The molecular formula is C17H19N3O3. The molecule has 0 saturated heterocycles. The standard InChI is InChI=1S/C17H19N3O3/c1-12-2-4-13(5-3-12)23-11-10-19-17-14-8-9-18-15(14)6-7-16(17)20(21)22/h2-7,18-19H,8-11H2,1H3. The second kappa shape index (κ2) is 6.56. The van der Waals surface area contributed by atoms with Gasteiger partial charge in [-0.25, -0.2) is 0 Å². The van der Waals surface area contributed by atoms with Crippen molar-refractivity contribution in [1.82, 2.24) is 0 Å². The van der Waals surface area contributed by atoms with E-state index in [1.807, 2.05) is 31.2 Å². The van der Waals surface area contributed by atoms with Crippen molar-refractivity contribution < 1.29 is 9.66 Å². The number of ether oxygens (including phenoxy) is 1. The van der Waals surface area contributed by atoms with Crippen molar-refractivity contribution in [3.8, 4) is 5.75 Å². The van der Waals surface area contributed by atoms with Crippen LogP contribution in [0.2, 0.25) is 0 Å². The highest BCUT2D eigenvalue weighted by atomic mass is 16.6. The van der Waals surface area contributed by atoms with Gasteiger partial charge in [0.1, 0.15) is 18.0 Å². The Morgan fingerprint density at radius 1 is 1.26 bits per heavy atom. The Balaban J connectivity index is 1.65. The van der Waals surface area contributed by atoms with Crippen LogP contribution in [0.5, 0.6) is 5.75 Å². The van der Waals surface area contributed by atoms with E-state index in [9.17, 15) is 10.1 Å². The number of hydrogen-bond donors (Lipinski definition) is 2. The Hall–Kier alpha value is -2.76. The molecule has 0 amide bonds. The summed E-state index contributed by atoms with van der Waals surface area (Å²) >= 11 is 0. The second-order valence-corrected chi connectivity index (χ2v) is 5.51. The van der Waals surface area contributed by atoms with Gasteiger partial charge in [0.25, 0.3) is 5.69 Å². The van der Waals surface area contributed by atoms with Gasteiger partial charge in [-0.1, -0.05) is 17.7 Å². The number of aryl methyl sites for hydroxylation is 1. The number of anilines is 2. The lowest BCUT2D eigenvalue weighted by Gasteiger charge is -2.12. The van der Waals surface area contributed by atoms with Crippen LogP contribution < -0.4 is 15.4 Å². The van der Waals surface area contributed by atoms with Crippen LogP contribution in [0.15, 0.2) is 36.4 Å². The fourth-order valence-corrected chi connectivity index (χ4v) is 2.71. The Bertz CT molecular complexity index is 714. The minimum atomic E-state index is -0.345. The Kier molecular flexibility index (Phi) is 4.32. The van der Waals surface area contributed by atoms with Crippen molar-refractivity contribution in [2.24, 2.45) is 0 Å². The van der Waals surface area contributed by atoms with Crippen molar-refractivity contribution in [2.45, 2.75) is 13.3 Å². The molecule has 0 aliphatic carbocycles. The predicted molar refractivity (Wildman–Crippen MR) is 90.5 cm³/mol. The molecule has 1 aliphatic heterocycles. The zero-order chi connectivity index (χ0) is 16.2. The molecule has 0 atom stereocenters. The van der Waals surface area contributed by atoms with Gasteiger partial charge in [-0.15, -0.1) is 0 Å². The van der Waals surface area contributed by atoms with Crippen molar-refractivity contribution >= 4 is 17.1 Å². The quantitative estimate of drug-likeness (QED) is 0.486. The molecule has 0 unspecified atom stereocenters. The fraction of sp³-hybridized carbons (Fsp3) is 0.294. The van der Waals surface area contributed by atoms with E-state index in [0.29, 0.717) is 18.8 Å². The summed E-state index contributed by atoms with van der Waals surface area (Å²) in [5.74, 6) is 0.798. The van der Waals surface area contributed by atoms with Gasteiger partial charge in [-0.05, 0) is 31.5 Å². The molecule has 0 saturated carbocycles. The minimum absolute atomic E-state index is 0.114. The summed E-state index contributed by atoms with van der Waals surface area (Å²) in [7, 11) is 0. The summed E-state index contributed by atoms with van der Waals surface area (Å²) in [6.07, 6.45) is 0.790. The lowest BCUT2D eigenvalue weighted by molar-refractivity contribution is -0.384. The van der Waals surface area contributed by atoms with Crippen LogP contribution in [0.4, 0.5) is 17.1 Å². The molecule has 0 fully saturated rings. The Labute approximate surface area is 134 Å². The third-order valence-corrected chi connectivity index (χ3v) is 3.87. The highest BCUT2D eigenvalue weighted by Crippen LogP contribution is 2.36. The summed E-state index contributed by atoms with van der Waals surface area (Å²) < 4.78 is 5.65. The van der Waals surface area contributed by atoms with Gasteiger partial charge in [0.15, 0.2) is 0 Å². The number of rotatable bonds is 6. The van der Waals surface area contributed by atoms with Gasteiger partial charge in [0.05, 0.1) is 4.92 Å². The molecule has 1 heterocycles. The van der Waals surface area contributed by atoms with Crippen LogP contribution in [0.3, 0.4) is 0 Å². The fourth-order valence-electron chi connectivity index (χ4n) is 2.71. The lowest BCUT2D eigenvalue weighted by Crippen LogP contribution is -2.13. The second-order valence-electron chi connectivity index (χ2n) is 5.51. The number of nitrogens with zero attached hydrogens (tertiary/aromatic N) is 1. The first kappa shape index (κ1) is 15.1. The molecule has 120 valence electrons. The Morgan fingerprint density at radius 2 is 2.04 bits per heavy atom. The molecule has 3 rings (SSSR count). The topological polar surface area (TPSA) is 76.4 Å². The van der Waals surface area contributed by atoms with E-state index >= 15 is 0 Å². The van der Waals surface area contributed by atoms with E-state index in [-0.39, 0.29) is 10.6 Å². The molecule has 23 heavy (non-hydrogen) atoms. The van der Waals surface area contributed by atoms with Gasteiger partial charge in [-0.2, -0.15) is 0 Å². The summed E-state index contributed by atoms with van der Waals surface area (Å²) in [6.45, 7) is 3.78. The molecule has 0 aromatic heterocycles. The largest absolute Gasteiger partial charge is 0.492 e. The van der Waals surface area contributed by atoms with Gasteiger partial charge < -0.3 is 15.4 Å². The number of nitro groups is 1. The summed E-state index contributed by atoms with van der Waals surface area (Å²) in [5, 5.41) is 17.6. The maximum atomic E-state index is 11.2. The molecular weight excluding hydrogens is 294 g/mol. The van der Waals surface area contributed by atoms with Crippen molar-refractivity contribution in [1.29, 1.82) is 0 Å². The van der Waals surface area contributed by atoms with Crippen LogP contribution in [-0.2, 0) is 6.42 Å². The predicted octanol–water partition coefficient (Wildman–Crippen LogP) is 3.36. The van der Waals surface area contributed by atoms with E-state index in [4.69, 9.17) is 4.74 Å². The number of nitro benzene ring substituents is 1. The van der Waals surface area contributed by atoms with E-state index in [1.165, 1.54) is 5.56 Å². The molecule has 1 aliphatic rings. The number of benzene rings is 2. The summed E-state index contributed by atoms with van der Waals surface area (Å²) in [5.41, 5.74) is 3.85. The highest BCUT2D eigenvalue weighted by molar-refractivity contribution is 5.77. The molecule has 6 nitrogen and oxygen atoms in total. The van der Waals surface area contributed by atoms with Crippen LogP contribution in [0, 0.1) is 17.0 Å². The normalized spacial score (nSPS) is 12.4. The van der Waals surface area contributed by atoms with Crippen LogP contribution >= 0.6 is 0 Å². The van der Waals surface area contributed by atoms with Gasteiger partial charge in [0.2, 0.25) is 0 Å². The molecule has 2 aromatic carbocycles. The molecule has 0 spiro atoms. The maximum absolute atomic E-state index is 11.2. The average Bonchev–Trinajstić information content (AvgIpc) is 3.01. The van der Waals surface area contributed by atoms with Crippen molar-refractivity contribution in [3.05, 3.63) is 57.6 Å². The zero-order valence-electron chi connectivity index (χ0n) is 13.0. The lowest BCUT2D eigenvalue weighted by atomic mass is 10.1. The minimum Gasteiger partial charge on any atom is -0.492 e. The molecule has 6 heteroatoms. The summed E-state index contributed by atoms with van der Waals surface area (Å²) in [4.78, 5) is 10.9. The first-order chi connectivity index (χ1) is 11.1. The number of nitrogens with one attached hydrogen (secondary N) is 2. The highest BCUT2D eigenvalue weighted by Gasteiger charge is 2.23. The maximum Gasteiger partial charge on any atom is 0.292 e. The molecule has 0 bridgehead atoms. The van der Waals surface area contributed by atoms with Gasteiger partial charge in [0, 0.05) is 30.4 Å². The van der Waals surface area contributed by atoms with Crippen LogP contribution in [0.1, 0.15) is 11.1 Å². The van der Waals surface area contributed by atoms with E-state index in [2.05, 4.69) is 10.6 Å². The van der Waals surface area contributed by atoms with Gasteiger partial charge >= 0.3 is 0 Å². The Morgan fingerprint density at radius 3 is 2.78 bits per heavy atom. The number of hydrogen-bond acceptors (Lipinski definition) is 5.